The Morgan fingerprint density at radius 1 is 1.29 bits per heavy atom. The van der Waals surface area contributed by atoms with Crippen molar-refractivity contribution in [2.75, 3.05) is 13.1 Å². The number of sulfonamides is 1. The minimum absolute atomic E-state index is 0.0574. The van der Waals surface area contributed by atoms with E-state index in [-0.39, 0.29) is 30.5 Å². The van der Waals surface area contributed by atoms with Gasteiger partial charge in [-0.3, -0.25) is 0 Å². The van der Waals surface area contributed by atoms with Crippen LogP contribution in [-0.4, -0.2) is 52.1 Å². The van der Waals surface area contributed by atoms with Crippen LogP contribution in [0.2, 0.25) is 0 Å². The van der Waals surface area contributed by atoms with E-state index >= 15 is 0 Å². The molecule has 2 aliphatic heterocycles. The zero-order valence-electron chi connectivity index (χ0n) is 15.7. The Morgan fingerprint density at radius 2 is 2.00 bits per heavy atom. The van der Waals surface area contributed by atoms with Gasteiger partial charge in [-0.2, -0.15) is 4.31 Å². The van der Waals surface area contributed by atoms with Crippen molar-refractivity contribution >= 4 is 10.0 Å². The van der Waals surface area contributed by atoms with Crippen LogP contribution in [0.15, 0.2) is 36.8 Å². The molecule has 150 valence electrons. The second-order valence-electron chi connectivity index (χ2n) is 8.38. The molecule has 3 heterocycles. The Kier molecular flexibility index (Phi) is 3.99. The molecule has 0 radical (unpaired) electrons. The quantitative estimate of drug-likeness (QED) is 0.852. The first kappa shape index (κ1) is 18.3. The average Bonchev–Trinajstić information content (AvgIpc) is 3.27. The van der Waals surface area contributed by atoms with Crippen molar-refractivity contribution < 1.29 is 17.9 Å². The molecule has 0 amide bonds. The molecule has 1 N–H and O–H groups in total. The highest BCUT2D eigenvalue weighted by molar-refractivity contribution is 7.89. The first-order valence-corrected chi connectivity index (χ1v) is 11.3. The van der Waals surface area contributed by atoms with E-state index in [0.29, 0.717) is 12.8 Å². The van der Waals surface area contributed by atoms with Gasteiger partial charge in [0.25, 0.3) is 0 Å². The monoisotopic (exact) mass is 405 g/mol. The summed E-state index contributed by atoms with van der Waals surface area (Å²) in [4.78, 5) is 4.29. The minimum Gasteiger partial charge on any atom is -0.392 e. The molecule has 8 heteroatoms. The summed E-state index contributed by atoms with van der Waals surface area (Å²) in [6.07, 6.45) is 5.16. The van der Waals surface area contributed by atoms with Crippen LogP contribution in [0.5, 0.6) is 0 Å². The first-order valence-electron chi connectivity index (χ1n) is 9.77. The molecule has 3 aliphatic rings. The van der Waals surface area contributed by atoms with Crippen LogP contribution in [-0.2, 0) is 10.0 Å². The third kappa shape index (κ3) is 2.37. The number of rotatable bonds is 3. The molecule has 1 aromatic heterocycles. The smallest absolute Gasteiger partial charge is 0.246 e. The van der Waals surface area contributed by atoms with Crippen LogP contribution in [0, 0.1) is 11.3 Å². The molecule has 4 atom stereocenters. The van der Waals surface area contributed by atoms with Crippen LogP contribution in [0.4, 0.5) is 4.39 Å². The van der Waals surface area contributed by atoms with Gasteiger partial charge < -0.3 is 9.67 Å². The first-order chi connectivity index (χ1) is 13.3. The maximum atomic E-state index is 13.5. The van der Waals surface area contributed by atoms with Gasteiger partial charge in [0.15, 0.2) is 0 Å². The number of aromatic nitrogens is 2. The maximum Gasteiger partial charge on any atom is 0.246 e. The highest BCUT2D eigenvalue weighted by Crippen LogP contribution is 2.59. The van der Waals surface area contributed by atoms with E-state index in [2.05, 4.69) is 21.7 Å². The Hall–Kier alpha value is -1.77. The Balaban J connectivity index is 1.36. The molecule has 1 aromatic carbocycles. The van der Waals surface area contributed by atoms with Gasteiger partial charge in [-0.15, -0.1) is 0 Å². The fourth-order valence-corrected chi connectivity index (χ4v) is 6.58. The number of fused-ring (bicyclic) bond motifs is 3. The highest BCUT2D eigenvalue weighted by Gasteiger charge is 2.58. The van der Waals surface area contributed by atoms with E-state index in [9.17, 15) is 17.9 Å². The predicted molar refractivity (Wildman–Crippen MR) is 103 cm³/mol. The Labute approximate surface area is 164 Å². The molecule has 6 nitrogen and oxygen atoms in total. The topological polar surface area (TPSA) is 75.4 Å². The number of piperidine rings is 1. The van der Waals surface area contributed by atoms with Crippen molar-refractivity contribution in [1.82, 2.24) is 13.9 Å². The molecule has 0 bridgehead atoms. The van der Waals surface area contributed by atoms with Gasteiger partial charge in [-0.1, -0.05) is 24.3 Å². The fourth-order valence-electron chi connectivity index (χ4n) is 5.48. The summed E-state index contributed by atoms with van der Waals surface area (Å²) in [6, 6.07) is 8.29. The fraction of sp³-hybridized carbons (Fsp3) is 0.550. The third-order valence-electron chi connectivity index (χ3n) is 7.09. The molecular weight excluding hydrogens is 381 g/mol. The van der Waals surface area contributed by atoms with E-state index < -0.39 is 21.6 Å². The summed E-state index contributed by atoms with van der Waals surface area (Å²) in [5, 5.41) is 11.2. The summed E-state index contributed by atoms with van der Waals surface area (Å²) in [7, 11) is -3.88. The molecule has 5 rings (SSSR count). The normalized spacial score (nSPS) is 29.9. The summed E-state index contributed by atoms with van der Waals surface area (Å²) >= 11 is 0. The molecule has 1 spiro atoms. The second-order valence-corrected chi connectivity index (χ2v) is 10.6. The molecular formula is C20H24FN3O3S. The summed E-state index contributed by atoms with van der Waals surface area (Å²) in [6.45, 7) is 1.62. The van der Waals surface area contributed by atoms with E-state index in [1.54, 1.807) is 0 Å². The molecule has 2 aromatic rings. The molecule has 1 saturated heterocycles. The van der Waals surface area contributed by atoms with E-state index in [1.165, 1.54) is 9.87 Å². The number of aliphatic hydroxyl groups excluding tert-OH is 1. The molecule has 4 unspecified atom stereocenters. The predicted octanol–water partition coefficient (Wildman–Crippen LogP) is 2.56. The van der Waals surface area contributed by atoms with Gasteiger partial charge in [-0.05, 0) is 37.2 Å². The third-order valence-corrected chi connectivity index (χ3v) is 9.00. The largest absolute Gasteiger partial charge is 0.392 e. The molecule has 2 fully saturated rings. The van der Waals surface area contributed by atoms with Gasteiger partial charge in [-0.25, -0.2) is 17.8 Å². The van der Waals surface area contributed by atoms with Gasteiger partial charge >= 0.3 is 0 Å². The van der Waals surface area contributed by atoms with Crippen LogP contribution < -0.4 is 0 Å². The van der Waals surface area contributed by atoms with Crippen LogP contribution in [0.1, 0.15) is 37.8 Å². The standard InChI is InChI=1S/C20H24FN3O3S/c1-13(21)28(26,27)23-8-6-20(7-9-23)10-16(19(20)25)18-15-5-3-2-4-14(15)17-11-22-12-24(17)18/h2-5,11-13,16,18-19,25H,6-10H2,1H3. The van der Waals surface area contributed by atoms with Crippen molar-refractivity contribution in [2.24, 2.45) is 11.3 Å². The lowest BCUT2D eigenvalue weighted by molar-refractivity contribution is -0.152. The van der Waals surface area contributed by atoms with E-state index in [1.807, 2.05) is 24.7 Å². The Bertz CT molecular complexity index is 1010. The average molecular weight is 405 g/mol. The number of hydrogen-bond donors (Lipinski definition) is 1. The van der Waals surface area contributed by atoms with Crippen LogP contribution in [0.3, 0.4) is 0 Å². The van der Waals surface area contributed by atoms with Gasteiger partial charge in [0.05, 0.1) is 30.4 Å². The van der Waals surface area contributed by atoms with Gasteiger partial charge in [0, 0.05) is 24.6 Å². The van der Waals surface area contributed by atoms with Crippen molar-refractivity contribution in [2.45, 2.75) is 43.8 Å². The zero-order valence-corrected chi connectivity index (χ0v) is 16.5. The van der Waals surface area contributed by atoms with Gasteiger partial charge in [0.2, 0.25) is 15.5 Å². The molecule has 1 aliphatic carbocycles. The number of halogens is 1. The lowest BCUT2D eigenvalue weighted by Crippen LogP contribution is -2.60. The van der Waals surface area contributed by atoms with Crippen LogP contribution >= 0.6 is 0 Å². The number of alkyl halides is 1. The lowest BCUT2D eigenvalue weighted by Gasteiger charge is -2.57. The van der Waals surface area contributed by atoms with Crippen LogP contribution in [0.25, 0.3) is 11.3 Å². The lowest BCUT2D eigenvalue weighted by atomic mass is 9.53. The summed E-state index contributed by atoms with van der Waals surface area (Å²) in [5.41, 5.74) is 1.29. The van der Waals surface area contributed by atoms with Crippen molar-refractivity contribution in [3.05, 3.63) is 42.4 Å². The number of hydrogen-bond acceptors (Lipinski definition) is 4. The summed E-state index contributed by atoms with van der Waals surface area (Å²) < 4.78 is 41.0. The zero-order chi connectivity index (χ0) is 19.7. The SMILES string of the molecule is CC(F)S(=O)(=O)N1CCC2(CC1)CC(C1c3ccccc3-c3cncn31)C2O. The maximum absolute atomic E-state index is 13.5. The Morgan fingerprint density at radius 3 is 2.68 bits per heavy atom. The number of nitrogens with zero attached hydrogens (tertiary/aromatic N) is 3. The summed E-state index contributed by atoms with van der Waals surface area (Å²) in [5.74, 6) is 0.0693. The minimum atomic E-state index is -3.88. The molecule has 1 saturated carbocycles. The second kappa shape index (κ2) is 6.11. The van der Waals surface area contributed by atoms with Crippen molar-refractivity contribution in [1.29, 1.82) is 0 Å². The highest BCUT2D eigenvalue weighted by atomic mass is 32.2. The van der Waals surface area contributed by atoms with Crippen molar-refractivity contribution in [3.8, 4) is 11.3 Å². The molecule has 28 heavy (non-hydrogen) atoms. The van der Waals surface area contributed by atoms with E-state index in [0.717, 1.165) is 24.6 Å². The number of imidazole rings is 1. The van der Waals surface area contributed by atoms with Gasteiger partial charge in [0.1, 0.15) is 0 Å². The number of benzene rings is 1. The van der Waals surface area contributed by atoms with E-state index in [4.69, 9.17) is 0 Å². The number of aliphatic hydroxyl groups is 1. The van der Waals surface area contributed by atoms with Crippen molar-refractivity contribution in [3.63, 3.8) is 0 Å².